The number of carboxylic acids is 1. The molecule has 0 radical (unpaired) electrons. The van der Waals surface area contributed by atoms with Gasteiger partial charge in [-0.3, -0.25) is 9.48 Å². The molecule has 1 atom stereocenters. The van der Waals surface area contributed by atoms with Crippen LogP contribution in [-0.2, 0) is 11.3 Å². The summed E-state index contributed by atoms with van der Waals surface area (Å²) in [5.74, 6) is -1.49. The monoisotopic (exact) mass is 250 g/mol. The second-order valence-electron chi connectivity index (χ2n) is 3.68. The number of hydrogen-bond acceptors (Lipinski definition) is 2. The van der Waals surface area contributed by atoms with Gasteiger partial charge in [0, 0.05) is 6.20 Å². The van der Waals surface area contributed by atoms with Crippen molar-refractivity contribution in [3.8, 4) is 0 Å². The molecule has 0 aliphatic rings. The average molecular weight is 251 g/mol. The van der Waals surface area contributed by atoms with Gasteiger partial charge in [0.2, 0.25) is 0 Å². The molecule has 1 aromatic heterocycles. The van der Waals surface area contributed by atoms with Crippen molar-refractivity contribution in [3.63, 3.8) is 0 Å². The molecule has 2 aromatic rings. The fourth-order valence-electron chi connectivity index (χ4n) is 1.64. The Balaban J connectivity index is 2.22. The summed E-state index contributed by atoms with van der Waals surface area (Å²) in [7, 11) is 0. The van der Waals surface area contributed by atoms with Crippen molar-refractivity contribution < 1.29 is 9.90 Å². The van der Waals surface area contributed by atoms with E-state index in [9.17, 15) is 9.90 Å². The molecule has 1 N–H and O–H groups in total. The molecule has 0 bridgehead atoms. The SMILES string of the molecule is O=C(O)C(Cn1cc(Cl)cn1)c1ccccc1. The molecule has 0 aliphatic carbocycles. The lowest BCUT2D eigenvalue weighted by atomic mass is 9.99. The van der Waals surface area contributed by atoms with Gasteiger partial charge in [0.05, 0.1) is 17.8 Å². The standard InChI is InChI=1S/C12H11ClN2O2/c13-10-6-14-15(7-10)8-11(12(16)17)9-4-2-1-3-5-9/h1-7,11H,8H2,(H,16,17). The number of aromatic nitrogens is 2. The first-order valence-electron chi connectivity index (χ1n) is 5.12. The molecule has 0 saturated carbocycles. The zero-order valence-electron chi connectivity index (χ0n) is 8.95. The maximum absolute atomic E-state index is 11.2. The zero-order chi connectivity index (χ0) is 12.3. The number of aliphatic carboxylic acids is 1. The maximum Gasteiger partial charge on any atom is 0.312 e. The zero-order valence-corrected chi connectivity index (χ0v) is 9.71. The molecule has 0 spiro atoms. The molecule has 0 saturated heterocycles. The number of rotatable bonds is 4. The van der Waals surface area contributed by atoms with Crippen LogP contribution in [0.5, 0.6) is 0 Å². The van der Waals surface area contributed by atoms with Crippen LogP contribution in [0.25, 0.3) is 0 Å². The summed E-state index contributed by atoms with van der Waals surface area (Å²) in [5, 5.41) is 13.7. The van der Waals surface area contributed by atoms with Crippen molar-refractivity contribution in [1.82, 2.24) is 9.78 Å². The second-order valence-corrected chi connectivity index (χ2v) is 4.12. The second kappa shape index (κ2) is 5.01. The molecular formula is C12H11ClN2O2. The fourth-order valence-corrected chi connectivity index (χ4v) is 1.79. The van der Waals surface area contributed by atoms with Gasteiger partial charge in [-0.15, -0.1) is 0 Å². The summed E-state index contributed by atoms with van der Waals surface area (Å²) >= 11 is 5.74. The third kappa shape index (κ3) is 2.85. The van der Waals surface area contributed by atoms with Gasteiger partial charge >= 0.3 is 5.97 Å². The molecular weight excluding hydrogens is 240 g/mol. The molecule has 1 aromatic carbocycles. The van der Waals surface area contributed by atoms with E-state index in [0.717, 1.165) is 5.56 Å². The molecule has 17 heavy (non-hydrogen) atoms. The summed E-state index contributed by atoms with van der Waals surface area (Å²) < 4.78 is 1.54. The fraction of sp³-hybridized carbons (Fsp3) is 0.167. The Morgan fingerprint density at radius 2 is 2.12 bits per heavy atom. The number of halogens is 1. The van der Waals surface area contributed by atoms with Gasteiger partial charge in [-0.25, -0.2) is 0 Å². The molecule has 88 valence electrons. The van der Waals surface area contributed by atoms with Gasteiger partial charge in [0.15, 0.2) is 0 Å². The van der Waals surface area contributed by atoms with E-state index >= 15 is 0 Å². The Morgan fingerprint density at radius 1 is 1.41 bits per heavy atom. The summed E-state index contributed by atoms with van der Waals surface area (Å²) in [6, 6.07) is 9.09. The lowest BCUT2D eigenvalue weighted by Gasteiger charge is -2.12. The van der Waals surface area contributed by atoms with Gasteiger partial charge in [0.25, 0.3) is 0 Å². The minimum Gasteiger partial charge on any atom is -0.481 e. The van der Waals surface area contributed by atoms with Gasteiger partial charge in [-0.05, 0) is 5.56 Å². The quantitative estimate of drug-likeness (QED) is 0.907. The van der Waals surface area contributed by atoms with Crippen molar-refractivity contribution >= 4 is 17.6 Å². The first-order valence-corrected chi connectivity index (χ1v) is 5.50. The highest BCUT2D eigenvalue weighted by Gasteiger charge is 2.20. The van der Waals surface area contributed by atoms with Crippen LogP contribution < -0.4 is 0 Å². The van der Waals surface area contributed by atoms with Crippen LogP contribution in [-0.4, -0.2) is 20.9 Å². The first kappa shape index (κ1) is 11.7. The Labute approximate surface area is 103 Å². The molecule has 1 heterocycles. The average Bonchev–Trinajstić information content (AvgIpc) is 2.73. The number of hydrogen-bond donors (Lipinski definition) is 1. The molecule has 0 amide bonds. The molecule has 2 rings (SSSR count). The molecule has 4 nitrogen and oxygen atoms in total. The highest BCUT2D eigenvalue weighted by atomic mass is 35.5. The normalized spacial score (nSPS) is 12.3. The summed E-state index contributed by atoms with van der Waals surface area (Å²) in [5.41, 5.74) is 0.756. The Bertz CT molecular complexity index is 510. The Hall–Kier alpha value is -1.81. The largest absolute Gasteiger partial charge is 0.481 e. The summed E-state index contributed by atoms with van der Waals surface area (Å²) in [6.45, 7) is 0.270. The number of benzene rings is 1. The van der Waals surface area contributed by atoms with E-state index in [1.807, 2.05) is 18.2 Å². The van der Waals surface area contributed by atoms with Gasteiger partial charge in [-0.1, -0.05) is 41.9 Å². The topological polar surface area (TPSA) is 55.1 Å². The predicted molar refractivity (Wildman–Crippen MR) is 64.1 cm³/mol. The Morgan fingerprint density at radius 3 is 2.65 bits per heavy atom. The lowest BCUT2D eigenvalue weighted by Crippen LogP contribution is -2.18. The van der Waals surface area contributed by atoms with E-state index in [0.29, 0.717) is 5.02 Å². The Kier molecular flexibility index (Phi) is 3.44. The molecule has 5 heteroatoms. The van der Waals surface area contributed by atoms with Crippen LogP contribution in [0.3, 0.4) is 0 Å². The van der Waals surface area contributed by atoms with Gasteiger partial charge in [0.1, 0.15) is 5.92 Å². The maximum atomic E-state index is 11.2. The summed E-state index contributed by atoms with van der Waals surface area (Å²) in [6.07, 6.45) is 3.10. The van der Waals surface area contributed by atoms with Crippen molar-refractivity contribution in [2.45, 2.75) is 12.5 Å². The van der Waals surface area contributed by atoms with E-state index in [-0.39, 0.29) is 6.54 Å². The minimum atomic E-state index is -0.872. The van der Waals surface area contributed by atoms with Crippen LogP contribution in [0.4, 0.5) is 0 Å². The smallest absolute Gasteiger partial charge is 0.312 e. The third-order valence-corrected chi connectivity index (χ3v) is 2.67. The predicted octanol–water partition coefficient (Wildman–Crippen LogP) is 2.40. The van der Waals surface area contributed by atoms with E-state index in [4.69, 9.17) is 11.6 Å². The highest BCUT2D eigenvalue weighted by Crippen LogP contribution is 2.18. The van der Waals surface area contributed by atoms with E-state index in [1.54, 1.807) is 18.3 Å². The number of carbonyl (C=O) groups is 1. The molecule has 1 unspecified atom stereocenters. The van der Waals surface area contributed by atoms with Crippen LogP contribution in [0.15, 0.2) is 42.7 Å². The van der Waals surface area contributed by atoms with Crippen LogP contribution >= 0.6 is 11.6 Å². The van der Waals surface area contributed by atoms with Crippen LogP contribution in [0.1, 0.15) is 11.5 Å². The van der Waals surface area contributed by atoms with Crippen molar-refractivity contribution in [1.29, 1.82) is 0 Å². The van der Waals surface area contributed by atoms with E-state index in [1.165, 1.54) is 10.9 Å². The lowest BCUT2D eigenvalue weighted by molar-refractivity contribution is -0.139. The van der Waals surface area contributed by atoms with Crippen molar-refractivity contribution in [3.05, 3.63) is 53.3 Å². The minimum absolute atomic E-state index is 0.270. The van der Waals surface area contributed by atoms with Crippen molar-refractivity contribution in [2.24, 2.45) is 0 Å². The first-order chi connectivity index (χ1) is 8.16. The molecule has 0 fully saturated rings. The molecule has 0 aliphatic heterocycles. The van der Waals surface area contributed by atoms with Gasteiger partial charge < -0.3 is 5.11 Å². The van der Waals surface area contributed by atoms with Crippen LogP contribution in [0.2, 0.25) is 5.02 Å². The van der Waals surface area contributed by atoms with Gasteiger partial charge in [-0.2, -0.15) is 5.10 Å². The van der Waals surface area contributed by atoms with E-state index < -0.39 is 11.9 Å². The third-order valence-electron chi connectivity index (χ3n) is 2.47. The highest BCUT2D eigenvalue weighted by molar-refractivity contribution is 6.30. The number of nitrogens with zero attached hydrogens (tertiary/aromatic N) is 2. The van der Waals surface area contributed by atoms with Crippen molar-refractivity contribution in [2.75, 3.05) is 0 Å². The van der Waals surface area contributed by atoms with Crippen LogP contribution in [0, 0.1) is 0 Å². The van der Waals surface area contributed by atoms with E-state index in [2.05, 4.69) is 5.10 Å². The summed E-state index contributed by atoms with van der Waals surface area (Å²) in [4.78, 5) is 11.2. The number of carboxylic acid groups (broad SMARTS) is 1.